The second kappa shape index (κ2) is 14.1. The van der Waals surface area contributed by atoms with Crippen LogP contribution in [0.15, 0.2) is 194 Å². The predicted molar refractivity (Wildman–Crippen MR) is 277 cm³/mol. The van der Waals surface area contributed by atoms with Crippen LogP contribution in [0.2, 0.25) is 0 Å². The van der Waals surface area contributed by atoms with E-state index >= 15 is 0 Å². The van der Waals surface area contributed by atoms with Crippen LogP contribution in [-0.2, 0) is 5.41 Å². The van der Waals surface area contributed by atoms with Gasteiger partial charge in [0.15, 0.2) is 0 Å². The highest BCUT2D eigenvalue weighted by Gasteiger charge is 2.53. The fourth-order valence-corrected chi connectivity index (χ4v) is 12.0. The number of pyridine rings is 2. The third kappa shape index (κ3) is 5.09. The first-order valence-corrected chi connectivity index (χ1v) is 23.3. The summed E-state index contributed by atoms with van der Waals surface area (Å²) in [5.74, 6) is 1.43. The quantitative estimate of drug-likeness (QED) is 0.174. The third-order valence-corrected chi connectivity index (χ3v) is 14.8. The van der Waals surface area contributed by atoms with E-state index in [2.05, 4.69) is 117 Å². The highest BCUT2D eigenvalue weighted by atomic mass is 16.5. The van der Waals surface area contributed by atoms with Crippen molar-refractivity contribution in [2.24, 2.45) is 0 Å². The lowest BCUT2D eigenvalue weighted by Crippen LogP contribution is -2.32. The monoisotopic (exact) mass is 904 g/mol. The van der Waals surface area contributed by atoms with Gasteiger partial charge >= 0.3 is 0 Å². The summed E-state index contributed by atoms with van der Waals surface area (Å²) in [4.78, 5) is 10.9. The van der Waals surface area contributed by atoms with Crippen LogP contribution in [0.1, 0.15) is 38.9 Å². The van der Waals surface area contributed by atoms with Crippen LogP contribution >= 0.6 is 0 Å². The lowest BCUT2D eigenvalue weighted by atomic mass is 9.66. The van der Waals surface area contributed by atoms with Crippen molar-refractivity contribution in [3.05, 3.63) is 233 Å². The van der Waals surface area contributed by atoms with E-state index in [1.54, 1.807) is 0 Å². The molecule has 8 aromatic carbocycles. The van der Waals surface area contributed by atoms with Gasteiger partial charge in [0, 0.05) is 60.3 Å². The van der Waals surface area contributed by atoms with Crippen LogP contribution in [0.4, 0.5) is 0 Å². The highest BCUT2D eigenvalue weighted by Crippen LogP contribution is 2.62. The minimum atomic E-state index is -1.02. The van der Waals surface area contributed by atoms with E-state index in [0.29, 0.717) is 22.4 Å². The normalized spacial score (nSPS) is 13.0. The Labute approximate surface area is 404 Å². The Morgan fingerprint density at radius 2 is 0.746 bits per heavy atom. The summed E-state index contributed by atoms with van der Waals surface area (Å²) < 4.78 is 13.8. The van der Waals surface area contributed by atoms with Crippen LogP contribution in [0.5, 0.6) is 11.5 Å². The van der Waals surface area contributed by atoms with Gasteiger partial charge in [0.2, 0.25) is 0 Å². The van der Waals surface area contributed by atoms with Gasteiger partial charge in [0.25, 0.3) is 0 Å². The predicted octanol–water partition coefficient (Wildman–Crippen LogP) is 13.9. The first-order chi connectivity index (χ1) is 35.0. The van der Waals surface area contributed by atoms with Crippen LogP contribution < -0.4 is 4.74 Å². The van der Waals surface area contributed by atoms with Crippen molar-refractivity contribution in [3.63, 3.8) is 0 Å². The first kappa shape index (κ1) is 38.8. The van der Waals surface area contributed by atoms with Gasteiger partial charge < -0.3 is 18.4 Å². The maximum Gasteiger partial charge on any atom is 0.132 e. The second-order valence-electron chi connectivity index (χ2n) is 18.3. The number of aromatic nitrogens is 5. The summed E-state index contributed by atoms with van der Waals surface area (Å²) in [5.41, 5.74) is 14.6. The maximum absolute atomic E-state index is 9.99. The van der Waals surface area contributed by atoms with Crippen LogP contribution in [0, 0.1) is 34.0 Å². The number of rotatable bonds is 3. The van der Waals surface area contributed by atoms with Gasteiger partial charge in [0.1, 0.15) is 11.5 Å². The van der Waals surface area contributed by atoms with E-state index in [-0.39, 0.29) is 0 Å². The van der Waals surface area contributed by atoms with Gasteiger partial charge in [-0.2, -0.15) is 15.8 Å². The number of benzene rings is 8. The van der Waals surface area contributed by atoms with E-state index < -0.39 is 5.41 Å². The molecule has 71 heavy (non-hydrogen) atoms. The zero-order valence-corrected chi connectivity index (χ0v) is 37.5. The van der Waals surface area contributed by atoms with Crippen molar-refractivity contribution in [2.45, 2.75) is 5.41 Å². The number of fused-ring (bicyclic) bond motifs is 18. The molecule has 0 bridgehead atoms. The van der Waals surface area contributed by atoms with Gasteiger partial charge in [-0.15, -0.1) is 0 Å². The number of ether oxygens (including phenoxy) is 1. The van der Waals surface area contributed by atoms with Crippen molar-refractivity contribution < 1.29 is 4.74 Å². The summed E-state index contributed by atoms with van der Waals surface area (Å²) in [6.07, 6.45) is 3.88. The summed E-state index contributed by atoms with van der Waals surface area (Å²) in [7, 11) is 0. The fourth-order valence-electron chi connectivity index (χ4n) is 12.0. The first-order valence-electron chi connectivity index (χ1n) is 23.3. The summed E-state index contributed by atoms with van der Waals surface area (Å²) in [6, 6.07) is 68.9. The Balaban J connectivity index is 1.07. The average molecular weight is 905 g/mol. The smallest absolute Gasteiger partial charge is 0.132 e. The number of hydrogen-bond acceptors (Lipinski definition) is 6. The Morgan fingerprint density at radius 3 is 1.23 bits per heavy atom. The lowest BCUT2D eigenvalue weighted by Gasteiger charge is -2.39. The van der Waals surface area contributed by atoms with Gasteiger partial charge in [-0.25, -0.2) is 0 Å². The molecule has 0 N–H and O–H groups in total. The van der Waals surface area contributed by atoms with E-state index in [9.17, 15) is 15.8 Å². The van der Waals surface area contributed by atoms with Crippen molar-refractivity contribution >= 4 is 65.4 Å². The molecule has 1 aliphatic carbocycles. The van der Waals surface area contributed by atoms with Gasteiger partial charge in [-0.3, -0.25) is 9.97 Å². The van der Waals surface area contributed by atoms with Crippen molar-refractivity contribution in [1.29, 1.82) is 15.8 Å². The second-order valence-corrected chi connectivity index (χ2v) is 18.3. The van der Waals surface area contributed by atoms with E-state index in [1.165, 1.54) is 0 Å². The molecule has 1 spiro atoms. The van der Waals surface area contributed by atoms with Gasteiger partial charge in [-0.1, -0.05) is 72.8 Å². The molecule has 0 atom stereocenters. The molecule has 9 heteroatoms. The molecule has 5 aromatic heterocycles. The molecule has 13 aromatic rings. The molecule has 15 rings (SSSR count). The van der Waals surface area contributed by atoms with Crippen LogP contribution in [0.25, 0.3) is 93.9 Å². The third-order valence-electron chi connectivity index (χ3n) is 14.8. The minimum Gasteiger partial charge on any atom is -0.457 e. The molecule has 0 unspecified atom stereocenters. The maximum atomic E-state index is 9.99. The molecule has 9 nitrogen and oxygen atoms in total. The Kier molecular flexibility index (Phi) is 7.72. The largest absolute Gasteiger partial charge is 0.457 e. The molecule has 0 saturated heterocycles. The molecule has 1 aliphatic heterocycles. The SMILES string of the molecule is N#Cc1ccc2c(c1)c1ccccc1n2-c1ccc2c(c1)C1(c3ccccc3O2)c2cc(-n3c4ccccc4c4cc(C#N)ccc43)cnc2-c2ncc(-n3c4ccccc4c4cc(C#N)ccc43)cc21. The number of nitriles is 3. The van der Waals surface area contributed by atoms with Gasteiger partial charge in [-0.05, 0) is 109 Å². The molecule has 326 valence electrons. The summed E-state index contributed by atoms with van der Waals surface area (Å²) >= 11 is 0. The topological polar surface area (TPSA) is 121 Å². The van der Waals surface area contributed by atoms with Crippen LogP contribution in [-0.4, -0.2) is 23.7 Å². The molecular weight excluding hydrogens is 873 g/mol. The van der Waals surface area contributed by atoms with E-state index in [4.69, 9.17) is 14.7 Å². The zero-order valence-electron chi connectivity index (χ0n) is 37.5. The summed E-state index contributed by atoms with van der Waals surface area (Å²) in [5, 5.41) is 36.1. The molecule has 2 aliphatic rings. The van der Waals surface area contributed by atoms with Crippen LogP contribution in [0.3, 0.4) is 0 Å². The summed E-state index contributed by atoms with van der Waals surface area (Å²) in [6.45, 7) is 0. The lowest BCUT2D eigenvalue weighted by molar-refractivity contribution is 0.436. The minimum absolute atomic E-state index is 0.595. The molecule has 0 radical (unpaired) electrons. The number of para-hydroxylation sites is 4. The Bertz CT molecular complexity index is 4500. The van der Waals surface area contributed by atoms with Crippen molar-refractivity contribution in [2.75, 3.05) is 0 Å². The number of hydrogen-bond donors (Lipinski definition) is 0. The van der Waals surface area contributed by atoms with Crippen molar-refractivity contribution in [1.82, 2.24) is 23.7 Å². The molecule has 0 amide bonds. The average Bonchev–Trinajstić information content (AvgIpc) is 4.14. The number of nitrogens with zero attached hydrogens (tertiary/aromatic N) is 8. The Morgan fingerprint density at radius 1 is 0.352 bits per heavy atom. The molecular formula is C62H32N8O. The Hall–Kier alpha value is -10.3. The standard InChI is InChI=1S/C62H32N8O/c63-31-36-17-21-55-45(25-36)42-9-1-5-13-52(42)68(55)39-20-24-59-49(28-39)62(48-12-4-8-16-58(48)71-59)50-29-40(69-53-14-6-2-10-43(53)46-26-37(32-64)18-22-56(46)69)34-66-60(50)61-51(62)30-41(35-67-61)70-54-15-7-3-11-44(54)47-27-38(33-65)19-23-57(47)70/h1-30,34-35H. The fraction of sp³-hybridized carbons (Fsp3) is 0.0161. The van der Waals surface area contributed by atoms with E-state index in [1.807, 2.05) is 109 Å². The zero-order chi connectivity index (χ0) is 47.1. The van der Waals surface area contributed by atoms with E-state index in [0.717, 1.165) is 122 Å². The molecule has 0 fully saturated rings. The van der Waals surface area contributed by atoms with Gasteiger partial charge in [0.05, 0.1) is 109 Å². The molecule has 0 saturated carbocycles. The van der Waals surface area contributed by atoms with Crippen molar-refractivity contribution in [3.8, 4) is 58.2 Å². The highest BCUT2D eigenvalue weighted by molar-refractivity contribution is 6.12. The molecule has 6 heterocycles.